The second-order valence-corrected chi connectivity index (χ2v) is 6.57. The fourth-order valence-electron chi connectivity index (χ4n) is 2.50. The van der Waals surface area contributed by atoms with Gasteiger partial charge in [-0.3, -0.25) is 0 Å². The smallest absolute Gasteiger partial charge is 0.410 e. The van der Waals surface area contributed by atoms with Crippen molar-refractivity contribution in [1.29, 1.82) is 0 Å². The molecule has 0 aromatic heterocycles. The summed E-state index contributed by atoms with van der Waals surface area (Å²) in [4.78, 5) is 13.8. The van der Waals surface area contributed by atoms with Crippen molar-refractivity contribution in [2.45, 2.75) is 46.6 Å². The van der Waals surface area contributed by atoms with Gasteiger partial charge in [0.15, 0.2) is 0 Å². The van der Waals surface area contributed by atoms with Gasteiger partial charge in [-0.2, -0.15) is 0 Å². The van der Waals surface area contributed by atoms with E-state index in [-0.39, 0.29) is 12.7 Å². The first-order valence-corrected chi connectivity index (χ1v) is 6.83. The van der Waals surface area contributed by atoms with Gasteiger partial charge in [-0.25, -0.2) is 4.79 Å². The molecule has 1 aliphatic rings. The number of amides is 1. The third kappa shape index (κ3) is 4.16. The lowest BCUT2D eigenvalue weighted by Crippen LogP contribution is -2.48. The van der Waals surface area contributed by atoms with Crippen LogP contribution in [0.5, 0.6) is 0 Å². The summed E-state index contributed by atoms with van der Waals surface area (Å²) < 4.78 is 5.40. The Morgan fingerprint density at radius 1 is 1.44 bits per heavy atom. The summed E-state index contributed by atoms with van der Waals surface area (Å²) in [6, 6.07) is 0. The third-order valence-corrected chi connectivity index (χ3v) is 3.55. The van der Waals surface area contributed by atoms with E-state index >= 15 is 0 Å². The zero-order valence-corrected chi connectivity index (χ0v) is 12.3. The molecule has 1 amide bonds. The van der Waals surface area contributed by atoms with Crippen molar-refractivity contribution in [2.24, 2.45) is 17.8 Å². The summed E-state index contributed by atoms with van der Waals surface area (Å²) in [5.74, 6) is 1.13. The number of likely N-dealkylation sites (tertiary alicyclic amines) is 1. The zero-order chi connectivity index (χ0) is 13.9. The summed E-state index contributed by atoms with van der Waals surface area (Å²) in [7, 11) is 0. The minimum absolute atomic E-state index is 0.213. The molecular formula is C14H27NO3. The molecule has 1 aliphatic heterocycles. The molecule has 18 heavy (non-hydrogen) atoms. The van der Waals surface area contributed by atoms with E-state index in [2.05, 4.69) is 13.8 Å². The van der Waals surface area contributed by atoms with Crippen molar-refractivity contribution in [3.8, 4) is 0 Å². The molecule has 106 valence electrons. The van der Waals surface area contributed by atoms with Crippen molar-refractivity contribution >= 4 is 6.09 Å². The van der Waals surface area contributed by atoms with Gasteiger partial charge in [0, 0.05) is 19.7 Å². The first-order valence-electron chi connectivity index (χ1n) is 6.83. The van der Waals surface area contributed by atoms with E-state index in [4.69, 9.17) is 4.74 Å². The number of hydrogen-bond acceptors (Lipinski definition) is 3. The highest BCUT2D eigenvalue weighted by Gasteiger charge is 2.34. The fraction of sp³-hybridized carbons (Fsp3) is 0.929. The Balaban J connectivity index is 2.63. The maximum absolute atomic E-state index is 12.0. The third-order valence-electron chi connectivity index (χ3n) is 3.55. The van der Waals surface area contributed by atoms with Gasteiger partial charge in [0.05, 0.1) is 0 Å². The number of aliphatic hydroxyl groups is 1. The van der Waals surface area contributed by atoms with E-state index in [0.29, 0.717) is 30.8 Å². The summed E-state index contributed by atoms with van der Waals surface area (Å²) in [6.45, 7) is 11.5. The Morgan fingerprint density at radius 2 is 2.06 bits per heavy atom. The van der Waals surface area contributed by atoms with E-state index in [0.717, 1.165) is 6.42 Å². The van der Waals surface area contributed by atoms with E-state index in [1.807, 2.05) is 20.8 Å². The second kappa shape index (κ2) is 5.91. The second-order valence-electron chi connectivity index (χ2n) is 6.57. The van der Waals surface area contributed by atoms with Gasteiger partial charge in [-0.15, -0.1) is 0 Å². The standard InChI is InChI=1S/C14H27NO3/c1-10(2)12-8-15(7-6-11(12)9-16)13(17)18-14(3,4)5/h10-12,16H,6-9H2,1-5H3/t11-,12+/m0/s1. The normalized spacial score (nSPS) is 25.4. The van der Waals surface area contributed by atoms with E-state index in [1.165, 1.54) is 0 Å². The molecule has 0 spiro atoms. The number of rotatable bonds is 2. The summed E-state index contributed by atoms with van der Waals surface area (Å²) in [6.07, 6.45) is 0.628. The number of nitrogens with zero attached hydrogens (tertiary/aromatic N) is 1. The molecule has 4 nitrogen and oxygen atoms in total. The largest absolute Gasteiger partial charge is 0.444 e. The van der Waals surface area contributed by atoms with E-state index in [9.17, 15) is 9.90 Å². The van der Waals surface area contributed by atoms with Gasteiger partial charge < -0.3 is 14.7 Å². The van der Waals surface area contributed by atoms with Crippen molar-refractivity contribution in [3.05, 3.63) is 0 Å². The maximum atomic E-state index is 12.0. The number of aliphatic hydroxyl groups excluding tert-OH is 1. The van der Waals surface area contributed by atoms with Crippen LogP contribution in [-0.2, 0) is 4.74 Å². The van der Waals surface area contributed by atoms with Gasteiger partial charge in [0.1, 0.15) is 5.60 Å². The van der Waals surface area contributed by atoms with Gasteiger partial charge in [0.2, 0.25) is 0 Å². The van der Waals surface area contributed by atoms with Crippen LogP contribution in [0.2, 0.25) is 0 Å². The predicted molar refractivity (Wildman–Crippen MR) is 71.3 cm³/mol. The van der Waals surface area contributed by atoms with Gasteiger partial charge in [-0.05, 0) is 44.9 Å². The van der Waals surface area contributed by atoms with Crippen LogP contribution in [0.3, 0.4) is 0 Å². The van der Waals surface area contributed by atoms with E-state index < -0.39 is 5.60 Å². The van der Waals surface area contributed by atoms with Crippen molar-refractivity contribution in [3.63, 3.8) is 0 Å². The maximum Gasteiger partial charge on any atom is 0.410 e. The lowest BCUT2D eigenvalue weighted by molar-refractivity contribution is -0.00127. The molecule has 0 aliphatic carbocycles. The van der Waals surface area contributed by atoms with Gasteiger partial charge in [0.25, 0.3) is 0 Å². The monoisotopic (exact) mass is 257 g/mol. The first kappa shape index (κ1) is 15.3. The van der Waals surface area contributed by atoms with Crippen LogP contribution in [0.25, 0.3) is 0 Å². The Labute approximate surface area is 110 Å². The Bertz CT molecular complexity index is 283. The van der Waals surface area contributed by atoms with Crippen molar-refractivity contribution < 1.29 is 14.6 Å². The Hall–Kier alpha value is -0.770. The van der Waals surface area contributed by atoms with Crippen LogP contribution in [-0.4, -0.2) is 41.4 Å². The number of carbonyl (C=O) groups is 1. The minimum atomic E-state index is -0.446. The molecule has 2 atom stereocenters. The Morgan fingerprint density at radius 3 is 2.50 bits per heavy atom. The molecule has 0 aromatic carbocycles. The van der Waals surface area contributed by atoms with Crippen molar-refractivity contribution in [1.82, 2.24) is 4.90 Å². The van der Waals surface area contributed by atoms with Crippen LogP contribution in [0.15, 0.2) is 0 Å². The number of piperidine rings is 1. The minimum Gasteiger partial charge on any atom is -0.444 e. The molecule has 1 N–H and O–H groups in total. The highest BCUT2D eigenvalue weighted by molar-refractivity contribution is 5.68. The lowest BCUT2D eigenvalue weighted by atomic mass is 9.79. The van der Waals surface area contributed by atoms with Crippen LogP contribution in [0.4, 0.5) is 4.79 Å². The number of ether oxygens (including phenoxy) is 1. The van der Waals surface area contributed by atoms with Gasteiger partial charge in [-0.1, -0.05) is 13.8 Å². The van der Waals surface area contributed by atoms with E-state index in [1.54, 1.807) is 4.90 Å². The lowest BCUT2D eigenvalue weighted by Gasteiger charge is -2.40. The molecule has 0 aromatic rings. The highest BCUT2D eigenvalue weighted by Crippen LogP contribution is 2.30. The quantitative estimate of drug-likeness (QED) is 0.827. The summed E-state index contributed by atoms with van der Waals surface area (Å²) >= 11 is 0. The van der Waals surface area contributed by atoms with Crippen LogP contribution < -0.4 is 0 Å². The van der Waals surface area contributed by atoms with Crippen LogP contribution >= 0.6 is 0 Å². The molecule has 4 heteroatoms. The summed E-state index contributed by atoms with van der Waals surface area (Å²) in [5.41, 5.74) is -0.446. The fourth-order valence-corrected chi connectivity index (χ4v) is 2.50. The Kier molecular flexibility index (Phi) is 5.02. The van der Waals surface area contributed by atoms with Gasteiger partial charge >= 0.3 is 6.09 Å². The topological polar surface area (TPSA) is 49.8 Å². The first-order chi connectivity index (χ1) is 8.24. The van der Waals surface area contributed by atoms with Crippen LogP contribution in [0.1, 0.15) is 41.0 Å². The average Bonchev–Trinajstić information content (AvgIpc) is 2.25. The van der Waals surface area contributed by atoms with Crippen LogP contribution in [0, 0.1) is 17.8 Å². The zero-order valence-electron chi connectivity index (χ0n) is 12.3. The molecule has 0 unspecified atom stereocenters. The number of carbonyl (C=O) groups excluding carboxylic acids is 1. The number of hydrogen-bond donors (Lipinski definition) is 1. The predicted octanol–water partition coefficient (Wildman–Crippen LogP) is 2.51. The molecule has 0 saturated carbocycles. The SMILES string of the molecule is CC(C)[C@H]1CN(C(=O)OC(C)(C)C)CC[C@H]1CO. The molecule has 1 fully saturated rings. The molecule has 1 rings (SSSR count). The average molecular weight is 257 g/mol. The van der Waals surface area contributed by atoms with Crippen molar-refractivity contribution in [2.75, 3.05) is 19.7 Å². The summed E-state index contributed by atoms with van der Waals surface area (Å²) in [5, 5.41) is 9.39. The molecule has 0 radical (unpaired) electrons. The highest BCUT2D eigenvalue weighted by atomic mass is 16.6. The molecular weight excluding hydrogens is 230 g/mol. The molecule has 1 heterocycles. The molecule has 0 bridgehead atoms. The molecule has 1 saturated heterocycles.